The maximum absolute atomic E-state index is 10.8. The van der Waals surface area contributed by atoms with Gasteiger partial charge in [-0.3, -0.25) is 14.8 Å². The molecule has 1 aromatic heterocycles. The standard InChI is InChI=1S/C12H13N3O2/c16-15(17)11-6-5-9-8-13-14(12(9)7-11)10-3-1-2-4-10/h5-8,10H,1-4H2. The van der Waals surface area contributed by atoms with Crippen molar-refractivity contribution >= 4 is 16.6 Å². The first-order valence-corrected chi connectivity index (χ1v) is 5.87. The second-order valence-corrected chi connectivity index (χ2v) is 4.53. The Hall–Kier alpha value is -1.91. The third kappa shape index (κ3) is 1.67. The van der Waals surface area contributed by atoms with Crippen molar-refractivity contribution in [2.45, 2.75) is 31.7 Å². The minimum atomic E-state index is -0.356. The van der Waals surface area contributed by atoms with Gasteiger partial charge < -0.3 is 0 Å². The molecule has 88 valence electrons. The predicted molar refractivity (Wildman–Crippen MR) is 63.9 cm³/mol. The Morgan fingerprint density at radius 3 is 2.82 bits per heavy atom. The van der Waals surface area contributed by atoms with E-state index in [1.807, 2.05) is 4.68 Å². The third-order valence-corrected chi connectivity index (χ3v) is 3.46. The van der Waals surface area contributed by atoms with E-state index in [2.05, 4.69) is 5.10 Å². The number of fused-ring (bicyclic) bond motifs is 1. The number of nitro groups is 1. The molecule has 0 atom stereocenters. The fourth-order valence-electron chi connectivity index (χ4n) is 2.58. The molecule has 3 rings (SSSR count). The number of rotatable bonds is 2. The number of nitro benzene ring substituents is 1. The highest BCUT2D eigenvalue weighted by Crippen LogP contribution is 2.32. The molecule has 0 bridgehead atoms. The predicted octanol–water partition coefficient (Wildman–Crippen LogP) is 3.06. The number of aromatic nitrogens is 2. The van der Waals surface area contributed by atoms with Crippen LogP contribution in [0.1, 0.15) is 31.7 Å². The zero-order valence-corrected chi connectivity index (χ0v) is 9.37. The van der Waals surface area contributed by atoms with Crippen LogP contribution in [0, 0.1) is 10.1 Å². The van der Waals surface area contributed by atoms with Crippen LogP contribution in [-0.4, -0.2) is 14.7 Å². The monoisotopic (exact) mass is 231 g/mol. The van der Waals surface area contributed by atoms with Gasteiger partial charge >= 0.3 is 0 Å². The van der Waals surface area contributed by atoms with Crippen LogP contribution in [-0.2, 0) is 0 Å². The molecule has 0 radical (unpaired) electrons. The highest BCUT2D eigenvalue weighted by Gasteiger charge is 2.20. The molecule has 1 fully saturated rings. The number of nitrogens with zero attached hydrogens (tertiary/aromatic N) is 3. The molecule has 5 heteroatoms. The lowest BCUT2D eigenvalue weighted by Gasteiger charge is -2.10. The average molecular weight is 231 g/mol. The molecule has 0 unspecified atom stereocenters. The smallest absolute Gasteiger partial charge is 0.262 e. The van der Waals surface area contributed by atoms with Crippen LogP contribution in [0.5, 0.6) is 0 Å². The van der Waals surface area contributed by atoms with E-state index in [0.29, 0.717) is 6.04 Å². The van der Waals surface area contributed by atoms with Crippen LogP contribution in [0.4, 0.5) is 5.69 Å². The summed E-state index contributed by atoms with van der Waals surface area (Å²) in [7, 11) is 0. The van der Waals surface area contributed by atoms with Gasteiger partial charge in [0.15, 0.2) is 0 Å². The van der Waals surface area contributed by atoms with Crippen LogP contribution < -0.4 is 0 Å². The van der Waals surface area contributed by atoms with Gasteiger partial charge in [-0.05, 0) is 18.9 Å². The minimum Gasteiger partial charge on any atom is -0.262 e. The van der Waals surface area contributed by atoms with Crippen molar-refractivity contribution in [3.05, 3.63) is 34.5 Å². The fraction of sp³-hybridized carbons (Fsp3) is 0.417. The molecule has 0 aliphatic heterocycles. The van der Waals surface area contributed by atoms with Gasteiger partial charge in [0.25, 0.3) is 5.69 Å². The summed E-state index contributed by atoms with van der Waals surface area (Å²) in [4.78, 5) is 10.4. The van der Waals surface area contributed by atoms with E-state index in [9.17, 15) is 10.1 Å². The zero-order chi connectivity index (χ0) is 11.8. The van der Waals surface area contributed by atoms with Gasteiger partial charge in [-0.2, -0.15) is 5.10 Å². The average Bonchev–Trinajstić information content (AvgIpc) is 2.96. The van der Waals surface area contributed by atoms with E-state index < -0.39 is 0 Å². The van der Waals surface area contributed by atoms with Crippen molar-refractivity contribution in [1.82, 2.24) is 9.78 Å². The molecule has 2 aromatic rings. The summed E-state index contributed by atoms with van der Waals surface area (Å²) in [6, 6.07) is 5.34. The SMILES string of the molecule is O=[N+]([O-])c1ccc2cnn(C3CCCC3)c2c1. The highest BCUT2D eigenvalue weighted by molar-refractivity contribution is 5.81. The van der Waals surface area contributed by atoms with E-state index in [4.69, 9.17) is 0 Å². The Bertz CT molecular complexity index is 570. The van der Waals surface area contributed by atoms with Gasteiger partial charge in [-0.25, -0.2) is 0 Å². The molecular weight excluding hydrogens is 218 g/mol. The Kier molecular flexibility index (Phi) is 2.31. The Labute approximate surface area is 98.2 Å². The molecule has 1 heterocycles. The topological polar surface area (TPSA) is 61.0 Å². The van der Waals surface area contributed by atoms with Gasteiger partial charge in [0, 0.05) is 17.5 Å². The first-order valence-electron chi connectivity index (χ1n) is 5.87. The van der Waals surface area contributed by atoms with Gasteiger partial charge in [0.05, 0.1) is 22.7 Å². The van der Waals surface area contributed by atoms with Crippen LogP contribution in [0.25, 0.3) is 10.9 Å². The molecule has 0 spiro atoms. The largest absolute Gasteiger partial charge is 0.271 e. The third-order valence-electron chi connectivity index (χ3n) is 3.46. The van der Waals surface area contributed by atoms with Crippen molar-refractivity contribution in [2.75, 3.05) is 0 Å². The van der Waals surface area contributed by atoms with Crippen molar-refractivity contribution in [3.8, 4) is 0 Å². The fourth-order valence-corrected chi connectivity index (χ4v) is 2.58. The summed E-state index contributed by atoms with van der Waals surface area (Å²) in [5, 5.41) is 16.1. The number of hydrogen-bond donors (Lipinski definition) is 0. The molecule has 5 nitrogen and oxygen atoms in total. The second kappa shape index (κ2) is 3.84. The van der Waals surface area contributed by atoms with E-state index in [-0.39, 0.29) is 10.6 Å². The highest BCUT2D eigenvalue weighted by atomic mass is 16.6. The summed E-state index contributed by atoms with van der Waals surface area (Å²) in [5.74, 6) is 0. The van der Waals surface area contributed by atoms with Crippen LogP contribution in [0.3, 0.4) is 0 Å². The number of non-ortho nitro benzene ring substituents is 1. The lowest BCUT2D eigenvalue weighted by Crippen LogP contribution is -2.06. The maximum Gasteiger partial charge on any atom is 0.271 e. The lowest BCUT2D eigenvalue weighted by atomic mass is 10.2. The normalized spacial score (nSPS) is 16.7. The Morgan fingerprint density at radius 2 is 2.12 bits per heavy atom. The van der Waals surface area contributed by atoms with E-state index in [1.54, 1.807) is 18.3 Å². The van der Waals surface area contributed by atoms with Crippen molar-refractivity contribution in [1.29, 1.82) is 0 Å². The minimum absolute atomic E-state index is 0.136. The van der Waals surface area contributed by atoms with Crippen molar-refractivity contribution in [2.24, 2.45) is 0 Å². The first-order chi connectivity index (χ1) is 8.25. The van der Waals surface area contributed by atoms with Gasteiger partial charge in [0.1, 0.15) is 0 Å². The summed E-state index contributed by atoms with van der Waals surface area (Å²) >= 11 is 0. The Morgan fingerprint density at radius 1 is 1.35 bits per heavy atom. The molecule has 1 aromatic carbocycles. The summed E-state index contributed by atoms with van der Waals surface area (Å²) in [6.07, 6.45) is 6.48. The molecule has 17 heavy (non-hydrogen) atoms. The quantitative estimate of drug-likeness (QED) is 0.589. The molecule has 1 saturated carbocycles. The van der Waals surface area contributed by atoms with Crippen molar-refractivity contribution < 1.29 is 4.92 Å². The summed E-state index contributed by atoms with van der Waals surface area (Å²) < 4.78 is 1.95. The zero-order valence-electron chi connectivity index (χ0n) is 9.37. The molecule has 1 aliphatic carbocycles. The van der Waals surface area contributed by atoms with Crippen LogP contribution in [0.2, 0.25) is 0 Å². The van der Waals surface area contributed by atoms with Crippen LogP contribution >= 0.6 is 0 Å². The van der Waals surface area contributed by atoms with E-state index in [1.165, 1.54) is 18.9 Å². The molecule has 0 N–H and O–H groups in total. The van der Waals surface area contributed by atoms with Gasteiger partial charge in [-0.1, -0.05) is 12.8 Å². The number of hydrogen-bond acceptors (Lipinski definition) is 3. The lowest BCUT2D eigenvalue weighted by molar-refractivity contribution is -0.384. The van der Waals surface area contributed by atoms with E-state index >= 15 is 0 Å². The van der Waals surface area contributed by atoms with Crippen LogP contribution in [0.15, 0.2) is 24.4 Å². The van der Waals surface area contributed by atoms with Gasteiger partial charge in [-0.15, -0.1) is 0 Å². The summed E-state index contributed by atoms with van der Waals surface area (Å²) in [5.41, 5.74) is 1.02. The molecule has 0 saturated heterocycles. The summed E-state index contributed by atoms with van der Waals surface area (Å²) in [6.45, 7) is 0. The van der Waals surface area contributed by atoms with Gasteiger partial charge in [0.2, 0.25) is 0 Å². The number of benzene rings is 1. The van der Waals surface area contributed by atoms with Crippen molar-refractivity contribution in [3.63, 3.8) is 0 Å². The first kappa shape index (κ1) is 10.3. The molecule has 0 amide bonds. The second-order valence-electron chi connectivity index (χ2n) is 4.53. The maximum atomic E-state index is 10.8. The van der Waals surface area contributed by atoms with E-state index in [0.717, 1.165) is 23.7 Å². The Balaban J connectivity index is 2.11. The molecule has 1 aliphatic rings. The molecular formula is C12H13N3O2.